The predicted octanol–water partition coefficient (Wildman–Crippen LogP) is 1.49. The van der Waals surface area contributed by atoms with Crippen LogP contribution < -0.4 is 10.2 Å². The summed E-state index contributed by atoms with van der Waals surface area (Å²) in [5, 5.41) is 14.3. The zero-order chi connectivity index (χ0) is 15.7. The molecule has 1 unspecified atom stereocenters. The molecule has 1 saturated heterocycles. The van der Waals surface area contributed by atoms with Gasteiger partial charge in [0.2, 0.25) is 11.8 Å². The van der Waals surface area contributed by atoms with Crippen molar-refractivity contribution in [3.8, 4) is 0 Å². The molecule has 0 spiro atoms. The van der Waals surface area contributed by atoms with Gasteiger partial charge in [-0.1, -0.05) is 0 Å². The molecule has 1 aliphatic carbocycles. The molecule has 2 aliphatic rings. The maximum atomic E-state index is 11.1. The first-order chi connectivity index (χ1) is 10.5. The van der Waals surface area contributed by atoms with E-state index in [-0.39, 0.29) is 5.69 Å². The molecule has 22 heavy (non-hydrogen) atoms. The minimum absolute atomic E-state index is 0.0511. The van der Waals surface area contributed by atoms with E-state index in [0.717, 1.165) is 38.8 Å². The topological polar surface area (TPSA) is 87.4 Å². The lowest BCUT2D eigenvalue weighted by atomic mass is 10.1. The summed E-state index contributed by atoms with van der Waals surface area (Å²) in [7, 11) is 4.07. The average Bonchev–Trinajstić information content (AvgIpc) is 3.30. The molecule has 1 saturated carbocycles. The lowest BCUT2D eigenvalue weighted by Gasteiger charge is -2.35. The minimum atomic E-state index is -0.428. The van der Waals surface area contributed by atoms with Crippen LogP contribution in [0.4, 0.5) is 17.5 Å². The SMILES string of the molecule is CN1CCCC(N(C)c2ncc([N+](=O)[O-])c(NC3CC3)n2)C1. The Kier molecular flexibility index (Phi) is 4.10. The minimum Gasteiger partial charge on any atom is -0.361 e. The first-order valence-corrected chi connectivity index (χ1v) is 7.74. The molecule has 1 aromatic rings. The van der Waals surface area contributed by atoms with Gasteiger partial charge in [-0.3, -0.25) is 10.1 Å². The molecule has 3 rings (SSSR count). The zero-order valence-electron chi connectivity index (χ0n) is 13.0. The van der Waals surface area contributed by atoms with Gasteiger partial charge in [0, 0.05) is 25.7 Å². The number of nitrogens with one attached hydrogen (secondary N) is 1. The molecule has 0 radical (unpaired) electrons. The van der Waals surface area contributed by atoms with E-state index >= 15 is 0 Å². The van der Waals surface area contributed by atoms with Crippen LogP contribution in [0, 0.1) is 10.1 Å². The Morgan fingerprint density at radius 2 is 2.23 bits per heavy atom. The summed E-state index contributed by atoms with van der Waals surface area (Å²) in [6.45, 7) is 2.07. The molecular weight excluding hydrogens is 284 g/mol. The second-order valence-corrected chi connectivity index (χ2v) is 6.25. The summed E-state index contributed by atoms with van der Waals surface area (Å²) in [6.07, 6.45) is 5.63. The molecule has 0 aromatic carbocycles. The van der Waals surface area contributed by atoms with E-state index in [4.69, 9.17) is 0 Å². The number of aromatic nitrogens is 2. The maximum absolute atomic E-state index is 11.1. The van der Waals surface area contributed by atoms with Crippen molar-refractivity contribution in [2.24, 2.45) is 0 Å². The maximum Gasteiger partial charge on any atom is 0.329 e. The summed E-state index contributed by atoms with van der Waals surface area (Å²) in [6, 6.07) is 0.654. The van der Waals surface area contributed by atoms with Crippen LogP contribution in [0.3, 0.4) is 0 Å². The third-order valence-electron chi connectivity index (χ3n) is 4.33. The number of likely N-dealkylation sites (tertiary alicyclic amines) is 1. The molecule has 1 N–H and O–H groups in total. The average molecular weight is 306 g/mol. The molecule has 8 heteroatoms. The Labute approximate surface area is 129 Å². The van der Waals surface area contributed by atoms with Crippen molar-refractivity contribution in [3.05, 3.63) is 16.3 Å². The molecule has 8 nitrogen and oxygen atoms in total. The number of likely N-dealkylation sites (N-methyl/N-ethyl adjacent to an activating group) is 2. The lowest BCUT2D eigenvalue weighted by molar-refractivity contribution is -0.384. The molecule has 2 heterocycles. The third kappa shape index (κ3) is 3.27. The Hall–Kier alpha value is -1.96. The van der Waals surface area contributed by atoms with Crippen LogP contribution in [0.25, 0.3) is 0 Å². The van der Waals surface area contributed by atoms with Crippen molar-refractivity contribution >= 4 is 17.5 Å². The highest BCUT2D eigenvalue weighted by molar-refractivity contribution is 5.58. The van der Waals surface area contributed by atoms with Crippen molar-refractivity contribution in [1.29, 1.82) is 0 Å². The van der Waals surface area contributed by atoms with Gasteiger partial charge in [-0.05, 0) is 39.3 Å². The van der Waals surface area contributed by atoms with Crippen molar-refractivity contribution in [1.82, 2.24) is 14.9 Å². The van der Waals surface area contributed by atoms with Gasteiger partial charge in [0.15, 0.2) is 0 Å². The van der Waals surface area contributed by atoms with Gasteiger partial charge < -0.3 is 15.1 Å². The zero-order valence-corrected chi connectivity index (χ0v) is 13.0. The van der Waals surface area contributed by atoms with Crippen molar-refractivity contribution in [3.63, 3.8) is 0 Å². The number of hydrogen-bond acceptors (Lipinski definition) is 7. The van der Waals surface area contributed by atoms with Crippen molar-refractivity contribution < 1.29 is 4.92 Å². The van der Waals surface area contributed by atoms with Gasteiger partial charge in [0.05, 0.1) is 4.92 Å². The molecule has 1 aromatic heterocycles. The van der Waals surface area contributed by atoms with E-state index in [9.17, 15) is 10.1 Å². The first-order valence-electron chi connectivity index (χ1n) is 7.74. The van der Waals surface area contributed by atoms with E-state index in [1.807, 2.05) is 11.9 Å². The second kappa shape index (κ2) is 6.04. The Balaban J connectivity index is 1.81. The summed E-state index contributed by atoms with van der Waals surface area (Å²) in [4.78, 5) is 23.6. The highest BCUT2D eigenvalue weighted by atomic mass is 16.6. The second-order valence-electron chi connectivity index (χ2n) is 6.25. The van der Waals surface area contributed by atoms with Gasteiger partial charge in [-0.15, -0.1) is 0 Å². The van der Waals surface area contributed by atoms with E-state index in [0.29, 0.717) is 23.8 Å². The largest absolute Gasteiger partial charge is 0.361 e. The van der Waals surface area contributed by atoms with Gasteiger partial charge in [-0.25, -0.2) is 4.98 Å². The molecule has 120 valence electrons. The molecule has 0 amide bonds. The number of anilines is 2. The van der Waals surface area contributed by atoms with Crippen molar-refractivity contribution in [2.75, 3.05) is 37.4 Å². The van der Waals surface area contributed by atoms with Gasteiger partial charge in [-0.2, -0.15) is 4.98 Å². The molecule has 1 atom stereocenters. The fourth-order valence-corrected chi connectivity index (χ4v) is 2.82. The number of hydrogen-bond donors (Lipinski definition) is 1. The van der Waals surface area contributed by atoms with Gasteiger partial charge in [0.1, 0.15) is 6.20 Å². The highest BCUT2D eigenvalue weighted by Gasteiger charge is 2.28. The van der Waals surface area contributed by atoms with E-state index in [1.54, 1.807) is 0 Å². The fourth-order valence-electron chi connectivity index (χ4n) is 2.82. The van der Waals surface area contributed by atoms with E-state index < -0.39 is 4.92 Å². The number of piperidine rings is 1. The quantitative estimate of drug-likeness (QED) is 0.651. The van der Waals surface area contributed by atoms with E-state index in [2.05, 4.69) is 27.2 Å². The van der Waals surface area contributed by atoms with Crippen LogP contribution in [0.2, 0.25) is 0 Å². The Morgan fingerprint density at radius 1 is 1.45 bits per heavy atom. The molecule has 1 aliphatic heterocycles. The highest BCUT2D eigenvalue weighted by Crippen LogP contribution is 2.30. The summed E-state index contributed by atoms with van der Waals surface area (Å²) >= 11 is 0. The Bertz CT molecular complexity index is 562. The Morgan fingerprint density at radius 3 is 2.86 bits per heavy atom. The molecule has 0 bridgehead atoms. The number of rotatable bonds is 5. The molecule has 2 fully saturated rings. The third-order valence-corrected chi connectivity index (χ3v) is 4.33. The van der Waals surface area contributed by atoms with Gasteiger partial charge in [0.25, 0.3) is 0 Å². The van der Waals surface area contributed by atoms with Crippen LogP contribution in [0.5, 0.6) is 0 Å². The smallest absolute Gasteiger partial charge is 0.329 e. The van der Waals surface area contributed by atoms with Crippen LogP contribution in [-0.2, 0) is 0 Å². The van der Waals surface area contributed by atoms with Crippen LogP contribution in [-0.4, -0.2) is 59.1 Å². The van der Waals surface area contributed by atoms with Crippen LogP contribution in [0.15, 0.2) is 6.20 Å². The monoisotopic (exact) mass is 306 g/mol. The van der Waals surface area contributed by atoms with Crippen LogP contribution in [0.1, 0.15) is 25.7 Å². The normalized spacial score (nSPS) is 22.4. The standard InChI is InChI=1S/C14H22N6O2/c1-18-7-3-4-11(9-18)19(2)14-15-8-12(20(21)22)13(17-14)16-10-5-6-10/h8,10-11H,3-7,9H2,1-2H3,(H,15,16,17). The first kappa shape index (κ1) is 15.0. The number of nitrogens with zero attached hydrogens (tertiary/aromatic N) is 5. The fraction of sp³-hybridized carbons (Fsp3) is 0.714. The molecular formula is C14H22N6O2. The van der Waals surface area contributed by atoms with Crippen molar-refractivity contribution in [2.45, 2.75) is 37.8 Å². The lowest BCUT2D eigenvalue weighted by Crippen LogP contribution is -2.45. The summed E-state index contributed by atoms with van der Waals surface area (Å²) in [5.74, 6) is 0.891. The summed E-state index contributed by atoms with van der Waals surface area (Å²) in [5.41, 5.74) is -0.0511. The predicted molar refractivity (Wildman–Crippen MR) is 84.3 cm³/mol. The van der Waals surface area contributed by atoms with Gasteiger partial charge >= 0.3 is 5.69 Å². The van der Waals surface area contributed by atoms with Crippen LogP contribution >= 0.6 is 0 Å². The summed E-state index contributed by atoms with van der Waals surface area (Å²) < 4.78 is 0. The number of nitro groups is 1. The van der Waals surface area contributed by atoms with E-state index in [1.165, 1.54) is 6.20 Å².